The first-order chi connectivity index (χ1) is 9.87. The number of nitrogens with two attached hydrogens (primary N) is 1. The first-order valence-electron chi connectivity index (χ1n) is 7.35. The van der Waals surface area contributed by atoms with E-state index in [-0.39, 0.29) is 23.5 Å². The second-order valence-electron chi connectivity index (χ2n) is 6.12. The molecule has 4 N–H and O–H groups in total. The van der Waals surface area contributed by atoms with Gasteiger partial charge in [-0.1, -0.05) is 19.3 Å². The van der Waals surface area contributed by atoms with Crippen molar-refractivity contribution >= 4 is 15.7 Å². The van der Waals surface area contributed by atoms with Gasteiger partial charge < -0.3 is 10.8 Å². The minimum absolute atomic E-state index is 0.0193. The van der Waals surface area contributed by atoms with Crippen LogP contribution in [0.3, 0.4) is 0 Å². The largest absolute Gasteiger partial charge is 0.399 e. The number of nitrogen functional groups attached to an aromatic ring is 1. The summed E-state index contributed by atoms with van der Waals surface area (Å²) in [6.45, 7) is 2.11. The van der Waals surface area contributed by atoms with Crippen molar-refractivity contribution in [2.24, 2.45) is 5.41 Å². The molecule has 0 spiro atoms. The van der Waals surface area contributed by atoms with Crippen LogP contribution in [0, 0.1) is 12.3 Å². The summed E-state index contributed by atoms with van der Waals surface area (Å²) >= 11 is 0. The lowest BCUT2D eigenvalue weighted by Gasteiger charge is -2.35. The molecule has 2 rings (SSSR count). The monoisotopic (exact) mass is 312 g/mol. The number of aliphatic hydroxyl groups is 1. The van der Waals surface area contributed by atoms with Gasteiger partial charge in [0, 0.05) is 24.3 Å². The van der Waals surface area contributed by atoms with Crippen molar-refractivity contribution in [2.45, 2.75) is 43.9 Å². The Bertz CT molecular complexity index is 573. The van der Waals surface area contributed by atoms with Gasteiger partial charge in [0.25, 0.3) is 0 Å². The number of nitrogens with one attached hydrogen (secondary N) is 1. The summed E-state index contributed by atoms with van der Waals surface area (Å²) in [7, 11) is -3.59. The van der Waals surface area contributed by atoms with E-state index in [0.717, 1.165) is 37.7 Å². The van der Waals surface area contributed by atoms with E-state index in [1.807, 2.05) is 6.92 Å². The van der Waals surface area contributed by atoms with Crippen molar-refractivity contribution in [2.75, 3.05) is 18.9 Å². The lowest BCUT2D eigenvalue weighted by atomic mass is 9.75. The molecule has 0 amide bonds. The zero-order valence-corrected chi connectivity index (χ0v) is 13.2. The average molecular weight is 312 g/mol. The number of aliphatic hydroxyl groups excluding tert-OH is 1. The normalized spacial score (nSPS) is 18.6. The predicted octanol–water partition coefficient (Wildman–Crippen LogP) is 1.80. The Labute approximate surface area is 126 Å². The molecule has 0 saturated heterocycles. The molecule has 0 unspecified atom stereocenters. The second kappa shape index (κ2) is 6.34. The number of benzene rings is 1. The van der Waals surface area contributed by atoms with Crippen LogP contribution in [0.15, 0.2) is 23.1 Å². The molecule has 0 heterocycles. The molecular formula is C15H24N2O3S. The van der Waals surface area contributed by atoms with E-state index >= 15 is 0 Å². The Morgan fingerprint density at radius 2 is 1.90 bits per heavy atom. The fourth-order valence-corrected chi connectivity index (χ4v) is 4.25. The Balaban J connectivity index is 2.13. The van der Waals surface area contributed by atoms with Crippen LogP contribution < -0.4 is 10.5 Å². The predicted molar refractivity (Wildman–Crippen MR) is 83.4 cm³/mol. The molecule has 0 aromatic heterocycles. The second-order valence-corrected chi connectivity index (χ2v) is 7.89. The standard InChI is InChI=1S/C15H24N2O3S/c1-12-7-13(16)9-14(8-12)21(19,20)17-10-15(11-18)5-3-2-4-6-15/h7-9,17-18H,2-6,10-11,16H2,1H3. The SMILES string of the molecule is Cc1cc(N)cc(S(=O)(=O)NCC2(CO)CCCCC2)c1. The molecule has 1 fully saturated rings. The summed E-state index contributed by atoms with van der Waals surface area (Å²) in [5, 5.41) is 9.64. The van der Waals surface area contributed by atoms with Gasteiger partial charge in [0.15, 0.2) is 0 Å². The Morgan fingerprint density at radius 3 is 2.48 bits per heavy atom. The Morgan fingerprint density at radius 1 is 1.24 bits per heavy atom. The highest BCUT2D eigenvalue weighted by atomic mass is 32.2. The smallest absolute Gasteiger partial charge is 0.240 e. The van der Waals surface area contributed by atoms with Crippen LogP contribution in [-0.4, -0.2) is 26.7 Å². The molecule has 0 radical (unpaired) electrons. The fourth-order valence-electron chi connectivity index (χ4n) is 2.96. The molecule has 0 atom stereocenters. The summed E-state index contributed by atoms with van der Waals surface area (Å²) in [5.41, 5.74) is 6.64. The number of aryl methyl sites for hydroxylation is 1. The Hall–Kier alpha value is -1.11. The molecule has 21 heavy (non-hydrogen) atoms. The van der Waals surface area contributed by atoms with Gasteiger partial charge in [0.1, 0.15) is 0 Å². The van der Waals surface area contributed by atoms with Crippen molar-refractivity contribution in [3.8, 4) is 0 Å². The van der Waals surface area contributed by atoms with Crippen LogP contribution >= 0.6 is 0 Å². The van der Waals surface area contributed by atoms with Crippen LogP contribution in [-0.2, 0) is 10.0 Å². The molecule has 0 bridgehead atoms. The summed E-state index contributed by atoms with van der Waals surface area (Å²) in [4.78, 5) is 0.184. The quantitative estimate of drug-likeness (QED) is 0.723. The molecule has 0 aliphatic heterocycles. The summed E-state index contributed by atoms with van der Waals surface area (Å²) < 4.78 is 27.4. The van der Waals surface area contributed by atoms with Gasteiger partial charge in [-0.3, -0.25) is 0 Å². The summed E-state index contributed by atoms with van der Waals surface area (Å²) in [6, 6.07) is 4.79. The Kier molecular flexibility index (Phi) is 4.91. The van der Waals surface area contributed by atoms with E-state index in [9.17, 15) is 13.5 Å². The van der Waals surface area contributed by atoms with Gasteiger partial charge >= 0.3 is 0 Å². The summed E-state index contributed by atoms with van der Waals surface area (Å²) in [5.74, 6) is 0. The highest BCUT2D eigenvalue weighted by Gasteiger charge is 2.32. The highest BCUT2D eigenvalue weighted by Crippen LogP contribution is 2.35. The van der Waals surface area contributed by atoms with Crippen LogP contribution in [0.1, 0.15) is 37.7 Å². The van der Waals surface area contributed by atoms with Gasteiger partial charge in [-0.2, -0.15) is 0 Å². The third kappa shape index (κ3) is 3.96. The van der Waals surface area contributed by atoms with Crippen LogP contribution in [0.5, 0.6) is 0 Å². The maximum absolute atomic E-state index is 12.4. The van der Waals surface area contributed by atoms with Crippen molar-refractivity contribution in [1.82, 2.24) is 4.72 Å². The first kappa shape index (κ1) is 16.3. The van der Waals surface area contributed by atoms with Gasteiger partial charge in [-0.25, -0.2) is 13.1 Å². The minimum Gasteiger partial charge on any atom is -0.399 e. The molecule has 1 saturated carbocycles. The minimum atomic E-state index is -3.59. The van der Waals surface area contributed by atoms with E-state index in [2.05, 4.69) is 4.72 Å². The number of anilines is 1. The lowest BCUT2D eigenvalue weighted by molar-refractivity contribution is 0.0867. The van der Waals surface area contributed by atoms with Gasteiger partial charge in [-0.15, -0.1) is 0 Å². The van der Waals surface area contributed by atoms with E-state index in [0.29, 0.717) is 5.69 Å². The molecule has 6 heteroatoms. The van der Waals surface area contributed by atoms with Crippen molar-refractivity contribution in [3.05, 3.63) is 23.8 Å². The number of sulfonamides is 1. The first-order valence-corrected chi connectivity index (χ1v) is 8.83. The van der Waals surface area contributed by atoms with Crippen molar-refractivity contribution < 1.29 is 13.5 Å². The highest BCUT2D eigenvalue weighted by molar-refractivity contribution is 7.89. The lowest BCUT2D eigenvalue weighted by Crippen LogP contribution is -2.41. The maximum Gasteiger partial charge on any atom is 0.240 e. The van der Waals surface area contributed by atoms with Gasteiger partial charge in [0.05, 0.1) is 4.90 Å². The van der Waals surface area contributed by atoms with Gasteiger partial charge in [0.2, 0.25) is 10.0 Å². The number of rotatable bonds is 5. The average Bonchev–Trinajstić information content (AvgIpc) is 2.45. The molecule has 1 aromatic carbocycles. The van der Waals surface area contributed by atoms with E-state index in [1.165, 1.54) is 6.07 Å². The molecule has 5 nitrogen and oxygen atoms in total. The van der Waals surface area contributed by atoms with E-state index in [4.69, 9.17) is 5.73 Å². The zero-order valence-electron chi connectivity index (χ0n) is 12.4. The maximum atomic E-state index is 12.4. The number of hydrogen-bond donors (Lipinski definition) is 3. The molecular weight excluding hydrogens is 288 g/mol. The van der Waals surface area contributed by atoms with E-state index in [1.54, 1.807) is 12.1 Å². The van der Waals surface area contributed by atoms with Crippen LogP contribution in [0.25, 0.3) is 0 Å². The third-order valence-corrected chi connectivity index (χ3v) is 5.65. The molecule has 118 valence electrons. The number of hydrogen-bond acceptors (Lipinski definition) is 4. The van der Waals surface area contributed by atoms with Crippen LogP contribution in [0.2, 0.25) is 0 Å². The van der Waals surface area contributed by atoms with Crippen molar-refractivity contribution in [3.63, 3.8) is 0 Å². The van der Waals surface area contributed by atoms with Gasteiger partial charge in [-0.05, 0) is 43.5 Å². The third-order valence-electron chi connectivity index (χ3n) is 4.27. The fraction of sp³-hybridized carbons (Fsp3) is 0.600. The molecule has 1 aromatic rings. The topological polar surface area (TPSA) is 92.4 Å². The van der Waals surface area contributed by atoms with E-state index < -0.39 is 10.0 Å². The molecule has 1 aliphatic rings. The summed E-state index contributed by atoms with van der Waals surface area (Å²) in [6.07, 6.45) is 4.96. The van der Waals surface area contributed by atoms with Crippen LogP contribution in [0.4, 0.5) is 5.69 Å². The zero-order chi connectivity index (χ0) is 15.5. The molecule has 1 aliphatic carbocycles. The van der Waals surface area contributed by atoms with Crippen molar-refractivity contribution in [1.29, 1.82) is 0 Å².